The van der Waals surface area contributed by atoms with Crippen molar-refractivity contribution < 1.29 is 0 Å². The lowest BCUT2D eigenvalue weighted by Crippen LogP contribution is -1.99. The minimum absolute atomic E-state index is 0.650. The molecule has 13 heavy (non-hydrogen) atoms. The van der Waals surface area contributed by atoms with Crippen LogP contribution >= 0.6 is 11.6 Å². The van der Waals surface area contributed by atoms with Crippen LogP contribution in [0.4, 0.5) is 0 Å². The minimum Gasteiger partial charge on any atom is -0.282 e. The predicted octanol–water partition coefficient (Wildman–Crippen LogP) is 2.70. The molecule has 74 valence electrons. The summed E-state index contributed by atoms with van der Waals surface area (Å²) in [5.41, 5.74) is 3.66. The molecule has 1 heterocycles. The molecule has 2 nitrogen and oxygen atoms in total. The zero-order valence-electron chi connectivity index (χ0n) is 8.52. The van der Waals surface area contributed by atoms with Crippen LogP contribution in [0, 0.1) is 12.8 Å². The van der Waals surface area contributed by atoms with Gasteiger partial charge in [0.1, 0.15) is 0 Å². The molecule has 0 amide bonds. The predicted molar refractivity (Wildman–Crippen MR) is 56.3 cm³/mol. The van der Waals surface area contributed by atoms with Gasteiger partial charge in [-0.25, -0.2) is 0 Å². The maximum atomic E-state index is 5.73. The van der Waals surface area contributed by atoms with E-state index >= 15 is 0 Å². The highest BCUT2D eigenvalue weighted by molar-refractivity contribution is 6.18. The number of aromatic amines is 1. The molecule has 3 heteroatoms. The molecule has 0 fully saturated rings. The molecule has 0 saturated carbocycles. The summed E-state index contributed by atoms with van der Waals surface area (Å²) in [6, 6.07) is 0. The van der Waals surface area contributed by atoms with E-state index in [1.165, 1.54) is 11.3 Å². The van der Waals surface area contributed by atoms with E-state index in [0.717, 1.165) is 18.5 Å². The molecule has 0 spiro atoms. The molecule has 1 rings (SSSR count). The maximum absolute atomic E-state index is 5.73. The van der Waals surface area contributed by atoms with E-state index in [9.17, 15) is 0 Å². The average molecular weight is 201 g/mol. The highest BCUT2D eigenvalue weighted by Gasteiger charge is 2.10. The van der Waals surface area contributed by atoms with Gasteiger partial charge in [-0.1, -0.05) is 13.8 Å². The van der Waals surface area contributed by atoms with Crippen molar-refractivity contribution in [1.29, 1.82) is 0 Å². The molecule has 0 saturated heterocycles. The number of alkyl halides is 1. The zero-order chi connectivity index (χ0) is 9.84. The molecule has 1 aromatic heterocycles. The van der Waals surface area contributed by atoms with Crippen LogP contribution in [0.5, 0.6) is 0 Å². The van der Waals surface area contributed by atoms with E-state index in [1.54, 1.807) is 0 Å². The molecule has 0 bridgehead atoms. The molecule has 0 unspecified atom stereocenters. The van der Waals surface area contributed by atoms with Crippen LogP contribution in [-0.4, -0.2) is 16.1 Å². The lowest BCUT2D eigenvalue weighted by molar-refractivity contribution is 0.630. The molecular formula is C10H17ClN2. The fourth-order valence-electron chi connectivity index (χ4n) is 1.48. The summed E-state index contributed by atoms with van der Waals surface area (Å²) < 4.78 is 0. The van der Waals surface area contributed by atoms with Gasteiger partial charge in [-0.05, 0) is 31.2 Å². The Morgan fingerprint density at radius 3 is 2.69 bits per heavy atom. The van der Waals surface area contributed by atoms with E-state index in [4.69, 9.17) is 11.6 Å². The van der Waals surface area contributed by atoms with Crippen LogP contribution in [0.3, 0.4) is 0 Å². The van der Waals surface area contributed by atoms with Gasteiger partial charge in [0.25, 0.3) is 0 Å². The van der Waals surface area contributed by atoms with E-state index in [0.29, 0.717) is 11.8 Å². The Kier molecular flexibility index (Phi) is 3.79. The van der Waals surface area contributed by atoms with Crippen molar-refractivity contribution in [3.63, 3.8) is 0 Å². The van der Waals surface area contributed by atoms with Gasteiger partial charge in [-0.2, -0.15) is 5.10 Å². The van der Waals surface area contributed by atoms with Crippen molar-refractivity contribution in [3.05, 3.63) is 17.0 Å². The Hall–Kier alpha value is -0.500. The monoisotopic (exact) mass is 200 g/mol. The molecule has 0 atom stereocenters. The van der Waals surface area contributed by atoms with Crippen molar-refractivity contribution in [3.8, 4) is 0 Å². The van der Waals surface area contributed by atoms with Crippen molar-refractivity contribution in [1.82, 2.24) is 10.2 Å². The number of halogens is 1. The summed E-state index contributed by atoms with van der Waals surface area (Å²) in [4.78, 5) is 0. The van der Waals surface area contributed by atoms with Crippen LogP contribution < -0.4 is 0 Å². The molecule has 0 aromatic carbocycles. The molecule has 0 aliphatic carbocycles. The maximum Gasteiger partial charge on any atom is 0.0659 e. The molecule has 0 aliphatic rings. The second kappa shape index (κ2) is 4.66. The summed E-state index contributed by atoms with van der Waals surface area (Å²) in [5.74, 6) is 1.32. The van der Waals surface area contributed by atoms with Gasteiger partial charge in [0.2, 0.25) is 0 Å². The molecule has 1 N–H and O–H groups in total. The van der Waals surface area contributed by atoms with Gasteiger partial charge in [-0.15, -0.1) is 11.6 Å². The largest absolute Gasteiger partial charge is 0.282 e. The van der Waals surface area contributed by atoms with Gasteiger partial charge in [0, 0.05) is 11.6 Å². The Balaban J connectivity index is 2.80. The van der Waals surface area contributed by atoms with Gasteiger partial charge >= 0.3 is 0 Å². The number of rotatable bonds is 4. The smallest absolute Gasteiger partial charge is 0.0659 e. The van der Waals surface area contributed by atoms with Gasteiger partial charge in [0.05, 0.1) is 5.69 Å². The number of nitrogens with one attached hydrogen (secondary N) is 1. The minimum atomic E-state index is 0.650. The Labute approximate surface area is 84.7 Å². The summed E-state index contributed by atoms with van der Waals surface area (Å²) >= 11 is 5.73. The van der Waals surface area contributed by atoms with Crippen molar-refractivity contribution in [2.75, 3.05) is 5.88 Å². The van der Waals surface area contributed by atoms with Crippen LogP contribution in [-0.2, 0) is 12.8 Å². The Bertz CT molecular complexity index is 266. The molecule has 0 radical (unpaired) electrons. The lowest BCUT2D eigenvalue weighted by Gasteiger charge is -2.04. The Morgan fingerprint density at radius 2 is 2.15 bits per heavy atom. The van der Waals surface area contributed by atoms with Crippen molar-refractivity contribution >= 4 is 11.6 Å². The third-order valence-corrected chi connectivity index (χ3v) is 2.29. The Morgan fingerprint density at radius 1 is 1.46 bits per heavy atom. The highest BCUT2D eigenvalue weighted by atomic mass is 35.5. The van der Waals surface area contributed by atoms with E-state index in [-0.39, 0.29) is 0 Å². The standard InChI is InChI=1S/C10H17ClN2/c1-7(2)6-10-9(4-5-11)8(3)12-13-10/h7H,4-6H2,1-3H3,(H,12,13). The number of H-pyrrole nitrogens is 1. The van der Waals surface area contributed by atoms with Gasteiger partial charge < -0.3 is 0 Å². The summed E-state index contributed by atoms with van der Waals surface area (Å²) in [6.45, 7) is 6.46. The van der Waals surface area contributed by atoms with E-state index < -0.39 is 0 Å². The number of aromatic nitrogens is 2. The fraction of sp³-hybridized carbons (Fsp3) is 0.700. The summed E-state index contributed by atoms with van der Waals surface area (Å²) in [5, 5.41) is 7.31. The van der Waals surface area contributed by atoms with Crippen LogP contribution in [0.2, 0.25) is 0 Å². The third-order valence-electron chi connectivity index (χ3n) is 2.11. The third kappa shape index (κ3) is 2.73. The summed E-state index contributed by atoms with van der Waals surface area (Å²) in [7, 11) is 0. The van der Waals surface area contributed by atoms with Crippen LogP contribution in [0.1, 0.15) is 30.8 Å². The van der Waals surface area contributed by atoms with Gasteiger partial charge in [-0.3, -0.25) is 5.10 Å². The molecular weight excluding hydrogens is 184 g/mol. The first kappa shape index (κ1) is 10.6. The second-order valence-electron chi connectivity index (χ2n) is 3.81. The second-order valence-corrected chi connectivity index (χ2v) is 4.19. The average Bonchev–Trinajstić information content (AvgIpc) is 2.35. The van der Waals surface area contributed by atoms with E-state index in [1.807, 2.05) is 0 Å². The van der Waals surface area contributed by atoms with Crippen molar-refractivity contribution in [2.45, 2.75) is 33.6 Å². The number of hydrogen-bond acceptors (Lipinski definition) is 1. The lowest BCUT2D eigenvalue weighted by atomic mass is 10.0. The first-order valence-electron chi connectivity index (χ1n) is 4.73. The quantitative estimate of drug-likeness (QED) is 0.744. The topological polar surface area (TPSA) is 28.7 Å². The van der Waals surface area contributed by atoms with Gasteiger partial charge in [0.15, 0.2) is 0 Å². The first-order valence-corrected chi connectivity index (χ1v) is 5.27. The fourth-order valence-corrected chi connectivity index (χ4v) is 1.67. The SMILES string of the molecule is Cc1[nH]nc(CC(C)C)c1CCCl. The number of nitrogens with zero attached hydrogens (tertiary/aromatic N) is 1. The number of aryl methyl sites for hydroxylation is 1. The highest BCUT2D eigenvalue weighted by Crippen LogP contribution is 2.15. The first-order chi connectivity index (χ1) is 6.15. The van der Waals surface area contributed by atoms with E-state index in [2.05, 4.69) is 31.0 Å². The zero-order valence-corrected chi connectivity index (χ0v) is 9.28. The van der Waals surface area contributed by atoms with Crippen LogP contribution in [0.25, 0.3) is 0 Å². The normalized spacial score (nSPS) is 11.2. The molecule has 1 aromatic rings. The molecule has 0 aliphatic heterocycles. The van der Waals surface area contributed by atoms with Crippen LogP contribution in [0.15, 0.2) is 0 Å². The summed E-state index contributed by atoms with van der Waals surface area (Å²) in [6.07, 6.45) is 1.96. The van der Waals surface area contributed by atoms with Crippen molar-refractivity contribution in [2.24, 2.45) is 5.92 Å². The number of hydrogen-bond donors (Lipinski definition) is 1.